The van der Waals surface area contributed by atoms with Crippen molar-refractivity contribution in [3.63, 3.8) is 0 Å². The summed E-state index contributed by atoms with van der Waals surface area (Å²) in [6, 6.07) is 15.2. The highest BCUT2D eigenvalue weighted by Gasteiger charge is 2.49. The van der Waals surface area contributed by atoms with E-state index in [9.17, 15) is 23.1 Å². The summed E-state index contributed by atoms with van der Waals surface area (Å²) >= 11 is 0. The molecule has 46 heavy (non-hydrogen) atoms. The lowest BCUT2D eigenvalue weighted by Gasteiger charge is -2.31. The minimum atomic E-state index is -3.96. The Morgan fingerprint density at radius 1 is 1.07 bits per heavy atom. The molecule has 2 aromatic rings. The molecule has 2 saturated heterocycles. The molecule has 2 heterocycles. The third-order valence-electron chi connectivity index (χ3n) is 8.69. The van der Waals surface area contributed by atoms with Crippen molar-refractivity contribution in [2.45, 2.75) is 79.8 Å². The van der Waals surface area contributed by atoms with E-state index in [0.29, 0.717) is 44.6 Å². The molecular formula is C32H44N4O9S. The lowest BCUT2D eigenvalue weighted by molar-refractivity contribution is -0.118. The van der Waals surface area contributed by atoms with Crippen LogP contribution in [-0.2, 0) is 40.1 Å². The molecule has 0 aromatic heterocycles. The average Bonchev–Trinajstić information content (AvgIpc) is 3.80. The molecule has 2 aromatic carbocycles. The van der Waals surface area contributed by atoms with Crippen LogP contribution in [0.2, 0.25) is 0 Å². The molecule has 5 atom stereocenters. The first-order valence-electron chi connectivity index (χ1n) is 15.8. The molecule has 1 saturated carbocycles. The van der Waals surface area contributed by atoms with E-state index in [0.717, 1.165) is 12.0 Å². The van der Waals surface area contributed by atoms with Gasteiger partial charge in [-0.05, 0) is 62.3 Å². The van der Waals surface area contributed by atoms with E-state index in [1.807, 2.05) is 30.3 Å². The van der Waals surface area contributed by atoms with Gasteiger partial charge in [0.2, 0.25) is 15.7 Å². The molecule has 14 heteroatoms. The van der Waals surface area contributed by atoms with Crippen LogP contribution < -0.4 is 21.4 Å². The van der Waals surface area contributed by atoms with Gasteiger partial charge in [-0.1, -0.05) is 36.4 Å². The molecule has 5 N–H and O–H groups in total. The molecule has 2 aliphatic heterocycles. The summed E-state index contributed by atoms with van der Waals surface area (Å²) in [5, 5.41) is 19.9. The highest BCUT2D eigenvalue weighted by Crippen LogP contribution is 2.41. The van der Waals surface area contributed by atoms with Gasteiger partial charge in [-0.25, -0.2) is 13.2 Å². The number of hydroxylamine groups is 1. The Morgan fingerprint density at radius 3 is 2.61 bits per heavy atom. The van der Waals surface area contributed by atoms with Gasteiger partial charge in [0.25, 0.3) is 0 Å². The first-order chi connectivity index (χ1) is 22.2. The second kappa shape index (κ2) is 15.5. The number of aliphatic hydroxyl groups is 1. The summed E-state index contributed by atoms with van der Waals surface area (Å²) in [5.41, 5.74) is 4.23. The van der Waals surface area contributed by atoms with Crippen LogP contribution in [0.4, 0.5) is 10.5 Å². The lowest BCUT2D eigenvalue weighted by atomic mass is 10.0. The molecule has 3 fully saturated rings. The van der Waals surface area contributed by atoms with Gasteiger partial charge in [0, 0.05) is 32.2 Å². The number of fused-ring (bicyclic) bond motifs is 1. The summed E-state index contributed by atoms with van der Waals surface area (Å²) in [7, 11) is -3.96. The van der Waals surface area contributed by atoms with Gasteiger partial charge >= 0.3 is 6.09 Å². The monoisotopic (exact) mass is 660 g/mol. The number of nitrogens with one attached hydrogen (secondary N) is 4. The van der Waals surface area contributed by atoms with Gasteiger partial charge in [-0.2, -0.15) is 5.48 Å². The van der Waals surface area contributed by atoms with Crippen LogP contribution in [0.1, 0.15) is 44.6 Å². The number of alkyl carbamates (subject to hydrolysis) is 1. The van der Waals surface area contributed by atoms with E-state index in [4.69, 9.17) is 19.0 Å². The van der Waals surface area contributed by atoms with E-state index in [1.165, 1.54) is 13.0 Å². The van der Waals surface area contributed by atoms with Crippen LogP contribution in [0.5, 0.6) is 0 Å². The fourth-order valence-corrected chi connectivity index (χ4v) is 8.16. The van der Waals surface area contributed by atoms with Crippen LogP contribution >= 0.6 is 0 Å². The number of aliphatic hydroxyl groups excluding tert-OH is 1. The van der Waals surface area contributed by atoms with E-state index >= 15 is 0 Å². The van der Waals surface area contributed by atoms with Crippen molar-refractivity contribution in [1.82, 2.24) is 16.1 Å². The fraction of sp³-hybridized carbons (Fsp3) is 0.562. The van der Waals surface area contributed by atoms with Crippen molar-refractivity contribution in [2.75, 3.05) is 38.2 Å². The molecule has 3 aliphatic rings. The molecule has 1 aliphatic carbocycles. The molecule has 0 unspecified atom stereocenters. The van der Waals surface area contributed by atoms with Crippen LogP contribution in [0.3, 0.4) is 0 Å². The Kier molecular flexibility index (Phi) is 11.5. The summed E-state index contributed by atoms with van der Waals surface area (Å²) in [6.45, 7) is 2.91. The maximum absolute atomic E-state index is 14.0. The Labute approximate surface area is 269 Å². The van der Waals surface area contributed by atoms with Crippen LogP contribution in [0, 0.1) is 5.92 Å². The molecule has 5 rings (SSSR count). The quantitative estimate of drug-likeness (QED) is 0.140. The summed E-state index contributed by atoms with van der Waals surface area (Å²) in [4.78, 5) is 28.6. The largest absolute Gasteiger partial charge is 0.443 e. The van der Waals surface area contributed by atoms with Crippen molar-refractivity contribution >= 4 is 27.5 Å². The van der Waals surface area contributed by atoms with Gasteiger partial charge in [-0.15, -0.1) is 0 Å². The predicted octanol–water partition coefficient (Wildman–Crippen LogP) is 2.26. The van der Waals surface area contributed by atoms with Crippen LogP contribution in [0.25, 0.3) is 0 Å². The molecule has 0 bridgehead atoms. The minimum absolute atomic E-state index is 0.0249. The molecule has 2 amide bonds. The summed E-state index contributed by atoms with van der Waals surface area (Å²) < 4.78 is 44.7. The van der Waals surface area contributed by atoms with Crippen molar-refractivity contribution < 1.29 is 42.2 Å². The number of amides is 2. The zero-order chi connectivity index (χ0) is 32.6. The van der Waals surface area contributed by atoms with E-state index in [-0.39, 0.29) is 49.0 Å². The molecular weight excluding hydrogens is 616 g/mol. The topological polar surface area (TPSA) is 174 Å². The normalized spacial score (nSPS) is 23.3. The number of hydrogen-bond donors (Lipinski definition) is 5. The molecule has 0 spiro atoms. The molecule has 13 nitrogen and oxygen atoms in total. The number of hydrogen-bond acceptors (Lipinski definition) is 11. The summed E-state index contributed by atoms with van der Waals surface area (Å²) in [5.74, 6) is -0.169. The van der Waals surface area contributed by atoms with Crippen LogP contribution in [-0.4, -0.2) is 87.8 Å². The zero-order valence-electron chi connectivity index (χ0n) is 26.0. The number of sulfone groups is 1. The van der Waals surface area contributed by atoms with Crippen molar-refractivity contribution in [3.8, 4) is 0 Å². The first-order valence-corrected chi connectivity index (χ1v) is 17.3. The van der Waals surface area contributed by atoms with E-state index in [2.05, 4.69) is 21.4 Å². The van der Waals surface area contributed by atoms with E-state index < -0.39 is 39.1 Å². The Balaban J connectivity index is 1.22. The summed E-state index contributed by atoms with van der Waals surface area (Å²) in [6.07, 6.45) is 0.316. The highest BCUT2D eigenvalue weighted by molar-refractivity contribution is 7.92. The lowest BCUT2D eigenvalue weighted by Crippen LogP contribution is -2.51. The number of ether oxygens (including phenoxy) is 3. The smallest absolute Gasteiger partial charge is 0.407 e. The third kappa shape index (κ3) is 8.35. The zero-order valence-corrected chi connectivity index (χ0v) is 26.8. The first kappa shape index (κ1) is 34.1. The number of anilines is 1. The Morgan fingerprint density at radius 2 is 1.85 bits per heavy atom. The van der Waals surface area contributed by atoms with Crippen molar-refractivity contribution in [2.24, 2.45) is 5.92 Å². The van der Waals surface area contributed by atoms with Gasteiger partial charge in [0.05, 0.1) is 36.2 Å². The Bertz CT molecular complexity index is 1420. The average molecular weight is 661 g/mol. The highest BCUT2D eigenvalue weighted by atomic mass is 32.2. The predicted molar refractivity (Wildman–Crippen MR) is 168 cm³/mol. The SMILES string of the molecule is CC(=O)NCCNc1cccc(S(=O)(=O)C2(ONC[C@@H](O)[C@H](Cc3ccccc3)NC(=O)O[C@H]3CO[C@H]4OCC[C@H]43)CCCC2)c1. The number of benzene rings is 2. The van der Waals surface area contributed by atoms with Crippen molar-refractivity contribution in [1.29, 1.82) is 0 Å². The third-order valence-corrected chi connectivity index (χ3v) is 11.0. The number of carbonyl (C=O) groups excluding carboxylic acids is 2. The minimum Gasteiger partial charge on any atom is -0.443 e. The maximum atomic E-state index is 14.0. The van der Waals surface area contributed by atoms with E-state index in [1.54, 1.807) is 18.2 Å². The second-order valence-corrected chi connectivity index (χ2v) is 14.2. The van der Waals surface area contributed by atoms with Gasteiger partial charge < -0.3 is 35.3 Å². The fourth-order valence-electron chi connectivity index (χ4n) is 6.20. The molecule has 0 radical (unpaired) electrons. The van der Waals surface area contributed by atoms with Gasteiger partial charge in [-0.3, -0.25) is 9.63 Å². The number of carbonyl (C=O) groups is 2. The van der Waals surface area contributed by atoms with Gasteiger partial charge in [0.1, 0.15) is 6.10 Å². The number of rotatable bonds is 15. The van der Waals surface area contributed by atoms with Crippen LogP contribution in [0.15, 0.2) is 59.5 Å². The Hall–Kier alpha value is -3.27. The standard InChI is InChI=1S/C32H44N4O9S/c1-22(37)33-15-16-34-24-10-7-11-25(19-24)46(40,41)32(13-5-6-14-32)45-35-20-28(38)27(18-23-8-3-2-4-9-23)36-31(39)44-29-21-43-30-26(29)12-17-42-30/h2-4,7-11,19,26-30,34-35,38H,5-6,12-18,20-21H2,1H3,(H,33,37)(H,36,39)/t26-,27-,28+,29-,30+/m0/s1. The maximum Gasteiger partial charge on any atom is 0.407 e. The second-order valence-electron chi connectivity index (χ2n) is 12.0. The van der Waals surface area contributed by atoms with Gasteiger partial charge in [0.15, 0.2) is 11.2 Å². The molecule has 252 valence electrons. The van der Waals surface area contributed by atoms with Crippen molar-refractivity contribution in [3.05, 3.63) is 60.2 Å².